The highest BCUT2D eigenvalue weighted by Crippen LogP contribution is 2.26. The number of nitrogens with zero attached hydrogens (tertiary/aromatic N) is 4. The van der Waals surface area contributed by atoms with Gasteiger partial charge in [-0.2, -0.15) is 0 Å². The van der Waals surface area contributed by atoms with E-state index in [1.807, 2.05) is 11.0 Å². The Labute approximate surface area is 164 Å². The fourth-order valence-corrected chi connectivity index (χ4v) is 4.12. The fraction of sp³-hybridized carbons (Fsp3) is 0.429. The van der Waals surface area contributed by atoms with E-state index in [1.54, 1.807) is 24.4 Å². The van der Waals surface area contributed by atoms with E-state index in [2.05, 4.69) is 27.1 Å². The fourth-order valence-electron chi connectivity index (χ4n) is 4.12. The van der Waals surface area contributed by atoms with Crippen LogP contribution >= 0.6 is 0 Å². The molecule has 7 heteroatoms. The van der Waals surface area contributed by atoms with Gasteiger partial charge in [0.25, 0.3) is 11.8 Å². The Balaban J connectivity index is 1.41. The summed E-state index contributed by atoms with van der Waals surface area (Å²) >= 11 is 0. The van der Waals surface area contributed by atoms with E-state index < -0.39 is 0 Å². The van der Waals surface area contributed by atoms with Gasteiger partial charge in [-0.1, -0.05) is 13.0 Å². The lowest BCUT2D eigenvalue weighted by molar-refractivity contribution is 0.0731. The number of carbonyl (C=O) groups is 2. The molecule has 2 aliphatic rings. The summed E-state index contributed by atoms with van der Waals surface area (Å²) in [6.07, 6.45) is 5.43. The van der Waals surface area contributed by atoms with Gasteiger partial charge in [-0.15, -0.1) is 0 Å². The first kappa shape index (κ1) is 18.6. The Hall–Kier alpha value is -2.80. The van der Waals surface area contributed by atoms with Gasteiger partial charge in [-0.25, -0.2) is 9.97 Å². The third-order valence-electron chi connectivity index (χ3n) is 5.66. The van der Waals surface area contributed by atoms with Crippen LogP contribution in [0.5, 0.6) is 0 Å². The number of likely N-dealkylation sites (tertiary alicyclic amines) is 1. The highest BCUT2D eigenvalue weighted by atomic mass is 16.2. The van der Waals surface area contributed by atoms with Crippen LogP contribution in [0.2, 0.25) is 0 Å². The Morgan fingerprint density at radius 3 is 3.00 bits per heavy atom. The molecule has 0 saturated carbocycles. The highest BCUT2D eigenvalue weighted by Gasteiger charge is 2.32. The first-order valence-electron chi connectivity index (χ1n) is 9.85. The van der Waals surface area contributed by atoms with E-state index in [9.17, 15) is 9.59 Å². The first-order valence-corrected chi connectivity index (χ1v) is 9.85. The summed E-state index contributed by atoms with van der Waals surface area (Å²) in [6, 6.07) is 7.61. The molecule has 0 radical (unpaired) electrons. The number of hydrogen-bond donors (Lipinski definition) is 1. The molecule has 3 heterocycles. The smallest absolute Gasteiger partial charge is 0.254 e. The van der Waals surface area contributed by atoms with Gasteiger partial charge >= 0.3 is 0 Å². The van der Waals surface area contributed by atoms with E-state index in [4.69, 9.17) is 0 Å². The lowest BCUT2D eigenvalue weighted by Crippen LogP contribution is -2.40. The van der Waals surface area contributed by atoms with Crippen LogP contribution in [0.15, 0.2) is 36.8 Å². The molecule has 1 saturated heterocycles. The lowest BCUT2D eigenvalue weighted by Gasteiger charge is -2.27. The summed E-state index contributed by atoms with van der Waals surface area (Å²) < 4.78 is 0. The lowest BCUT2D eigenvalue weighted by atomic mass is 10.1. The molecule has 2 aliphatic heterocycles. The van der Waals surface area contributed by atoms with Crippen molar-refractivity contribution in [1.29, 1.82) is 0 Å². The molecule has 2 amide bonds. The third-order valence-corrected chi connectivity index (χ3v) is 5.66. The predicted octanol–water partition coefficient (Wildman–Crippen LogP) is 1.85. The van der Waals surface area contributed by atoms with Crippen molar-refractivity contribution >= 4 is 11.8 Å². The maximum Gasteiger partial charge on any atom is 0.254 e. The number of likely N-dealkylation sites (N-methyl/N-ethyl adjacent to an activating group) is 1. The second kappa shape index (κ2) is 8.06. The molecule has 7 nitrogen and oxygen atoms in total. The van der Waals surface area contributed by atoms with Crippen LogP contribution in [0, 0.1) is 0 Å². The van der Waals surface area contributed by atoms with Gasteiger partial charge < -0.3 is 10.2 Å². The molecule has 1 aromatic heterocycles. The number of benzene rings is 1. The van der Waals surface area contributed by atoms with Gasteiger partial charge in [0.1, 0.15) is 6.33 Å². The van der Waals surface area contributed by atoms with Crippen molar-refractivity contribution in [2.24, 2.45) is 0 Å². The molecule has 0 spiro atoms. The largest absolute Gasteiger partial charge is 0.346 e. The van der Waals surface area contributed by atoms with E-state index in [0.717, 1.165) is 37.3 Å². The molecule has 4 rings (SSSR count). The first-order chi connectivity index (χ1) is 13.7. The zero-order valence-corrected chi connectivity index (χ0v) is 16.1. The number of rotatable bonds is 6. The maximum absolute atomic E-state index is 12.9. The summed E-state index contributed by atoms with van der Waals surface area (Å²) in [5.74, 6) is -0.177. The van der Waals surface area contributed by atoms with Crippen molar-refractivity contribution in [3.63, 3.8) is 0 Å². The molecule has 1 atom stereocenters. The normalized spacial score (nSPS) is 19.1. The molecule has 1 fully saturated rings. The zero-order valence-electron chi connectivity index (χ0n) is 16.1. The summed E-state index contributed by atoms with van der Waals surface area (Å²) in [5.41, 5.74) is 2.89. The van der Waals surface area contributed by atoms with E-state index in [1.165, 1.54) is 12.7 Å². The molecule has 28 heavy (non-hydrogen) atoms. The molecule has 0 aliphatic carbocycles. The molecular formula is C21H25N5O2. The van der Waals surface area contributed by atoms with Gasteiger partial charge in [-0.05, 0) is 49.7 Å². The van der Waals surface area contributed by atoms with Crippen molar-refractivity contribution in [1.82, 2.24) is 25.1 Å². The van der Waals surface area contributed by atoms with Gasteiger partial charge in [0.15, 0.2) is 0 Å². The van der Waals surface area contributed by atoms with Crippen LogP contribution in [0.3, 0.4) is 0 Å². The van der Waals surface area contributed by atoms with E-state index in [0.29, 0.717) is 30.3 Å². The predicted molar refractivity (Wildman–Crippen MR) is 105 cm³/mol. The average Bonchev–Trinajstić information content (AvgIpc) is 3.31. The standard InChI is InChI=1S/C21H25N5O2/c1-2-25-9-3-4-18(25)13-26-12-16-6-5-15(10-19(16)21(26)28)20(27)23-11-17-7-8-22-14-24-17/h5-8,10,14,18H,2-4,9,11-13H2,1H3,(H,23,27). The number of nitrogens with one attached hydrogen (secondary N) is 1. The Kier molecular flexibility index (Phi) is 5.34. The molecule has 1 N–H and O–H groups in total. The van der Waals surface area contributed by atoms with Crippen LogP contribution in [0.4, 0.5) is 0 Å². The Morgan fingerprint density at radius 1 is 1.32 bits per heavy atom. The molecule has 1 unspecified atom stereocenters. The van der Waals surface area contributed by atoms with Crippen molar-refractivity contribution in [3.05, 3.63) is 59.2 Å². The minimum Gasteiger partial charge on any atom is -0.346 e. The molecular weight excluding hydrogens is 354 g/mol. The minimum absolute atomic E-state index is 0.0309. The van der Waals surface area contributed by atoms with Gasteiger partial charge in [0.2, 0.25) is 0 Å². The molecule has 2 aromatic rings. The van der Waals surface area contributed by atoms with Crippen LogP contribution in [0.1, 0.15) is 51.7 Å². The minimum atomic E-state index is -0.208. The van der Waals surface area contributed by atoms with Gasteiger partial charge in [-0.3, -0.25) is 14.5 Å². The number of fused-ring (bicyclic) bond motifs is 1. The Morgan fingerprint density at radius 2 is 2.21 bits per heavy atom. The van der Waals surface area contributed by atoms with Crippen LogP contribution in [-0.2, 0) is 13.1 Å². The molecule has 0 bridgehead atoms. The quantitative estimate of drug-likeness (QED) is 0.829. The third kappa shape index (κ3) is 3.75. The van der Waals surface area contributed by atoms with Gasteiger partial charge in [0.05, 0.1) is 12.2 Å². The maximum atomic E-state index is 12.9. The van der Waals surface area contributed by atoms with Crippen LogP contribution < -0.4 is 5.32 Å². The topological polar surface area (TPSA) is 78.4 Å². The number of carbonyl (C=O) groups excluding carboxylic acids is 2. The van der Waals surface area contributed by atoms with Crippen molar-refractivity contribution in [2.45, 2.75) is 38.9 Å². The van der Waals surface area contributed by atoms with E-state index >= 15 is 0 Å². The van der Waals surface area contributed by atoms with Gasteiger partial charge in [0, 0.05) is 36.5 Å². The molecule has 1 aromatic carbocycles. The van der Waals surface area contributed by atoms with Crippen LogP contribution in [-0.4, -0.2) is 57.3 Å². The molecule has 146 valence electrons. The second-order valence-electron chi connectivity index (χ2n) is 7.37. The average molecular weight is 379 g/mol. The SMILES string of the molecule is CCN1CCCC1CN1Cc2ccc(C(=O)NCc3ccncn3)cc2C1=O. The van der Waals surface area contributed by atoms with E-state index in [-0.39, 0.29) is 11.8 Å². The van der Waals surface area contributed by atoms with Crippen molar-refractivity contribution in [2.75, 3.05) is 19.6 Å². The highest BCUT2D eigenvalue weighted by molar-refractivity contribution is 6.02. The number of amides is 2. The van der Waals surface area contributed by atoms with Crippen molar-refractivity contribution in [3.8, 4) is 0 Å². The van der Waals surface area contributed by atoms with Crippen LogP contribution in [0.25, 0.3) is 0 Å². The summed E-state index contributed by atoms with van der Waals surface area (Å²) in [7, 11) is 0. The second-order valence-corrected chi connectivity index (χ2v) is 7.37. The summed E-state index contributed by atoms with van der Waals surface area (Å²) in [6.45, 7) is 6.03. The number of hydrogen-bond acceptors (Lipinski definition) is 5. The zero-order chi connectivity index (χ0) is 19.5. The summed E-state index contributed by atoms with van der Waals surface area (Å²) in [5, 5.41) is 2.84. The Bertz CT molecular complexity index is 870. The monoisotopic (exact) mass is 379 g/mol. The summed E-state index contributed by atoms with van der Waals surface area (Å²) in [4.78, 5) is 37.7. The van der Waals surface area contributed by atoms with Crippen molar-refractivity contribution < 1.29 is 9.59 Å². The number of aromatic nitrogens is 2.